The van der Waals surface area contributed by atoms with E-state index in [1.165, 1.54) is 24.3 Å². The molecule has 3 rings (SSSR count). The van der Waals surface area contributed by atoms with Gasteiger partial charge in [-0.25, -0.2) is 14.0 Å². The van der Waals surface area contributed by atoms with Gasteiger partial charge in [-0.15, -0.1) is 0 Å². The first-order valence-electron chi connectivity index (χ1n) is 6.58. The highest BCUT2D eigenvalue weighted by molar-refractivity contribution is 5.92. The first-order valence-corrected chi connectivity index (χ1v) is 6.58. The molecule has 1 heterocycles. The third-order valence-corrected chi connectivity index (χ3v) is 3.12. The quantitative estimate of drug-likeness (QED) is 0.550. The molecule has 0 fully saturated rings. The first-order chi connectivity index (χ1) is 10.6. The zero-order chi connectivity index (χ0) is 15.5. The van der Waals surface area contributed by atoms with E-state index in [4.69, 9.17) is 9.15 Å². The van der Waals surface area contributed by atoms with E-state index in [0.717, 1.165) is 0 Å². The average molecular weight is 298 g/mol. The second-order valence-corrected chi connectivity index (χ2v) is 4.69. The van der Waals surface area contributed by atoms with E-state index >= 15 is 0 Å². The lowest BCUT2D eigenvalue weighted by atomic mass is 10.2. The minimum atomic E-state index is -0.802. The Labute approximate surface area is 124 Å². The van der Waals surface area contributed by atoms with Gasteiger partial charge < -0.3 is 9.15 Å². The van der Waals surface area contributed by atoms with Gasteiger partial charge in [0.2, 0.25) is 0 Å². The summed E-state index contributed by atoms with van der Waals surface area (Å²) < 4.78 is 23.1. The van der Waals surface area contributed by atoms with Crippen LogP contribution in [0.25, 0.3) is 11.0 Å². The summed E-state index contributed by atoms with van der Waals surface area (Å²) in [5.41, 5.74) is -0.0502. The molecule has 0 saturated heterocycles. The number of fused-ring (bicyclic) bond motifs is 1. The molecule has 2 aromatic carbocycles. The van der Waals surface area contributed by atoms with E-state index < -0.39 is 17.4 Å². The molecule has 0 radical (unpaired) electrons. The zero-order valence-corrected chi connectivity index (χ0v) is 11.4. The van der Waals surface area contributed by atoms with Gasteiger partial charge in [-0.05, 0) is 29.8 Å². The van der Waals surface area contributed by atoms with Crippen LogP contribution in [-0.4, -0.2) is 5.97 Å². The van der Waals surface area contributed by atoms with Gasteiger partial charge in [-0.3, -0.25) is 0 Å². The van der Waals surface area contributed by atoms with E-state index in [-0.39, 0.29) is 12.2 Å². The molecule has 0 spiro atoms. The lowest BCUT2D eigenvalue weighted by molar-refractivity contribution is 0.0467. The summed E-state index contributed by atoms with van der Waals surface area (Å²) in [5, 5.41) is 0.625. The fourth-order valence-electron chi connectivity index (χ4n) is 2.06. The molecule has 0 unspecified atom stereocenters. The van der Waals surface area contributed by atoms with Crippen LogP contribution < -0.4 is 5.63 Å². The molecule has 3 aromatic rings. The summed E-state index contributed by atoms with van der Waals surface area (Å²) in [7, 11) is 0. The highest BCUT2D eigenvalue weighted by Crippen LogP contribution is 2.14. The number of hydrogen-bond donors (Lipinski definition) is 0. The van der Waals surface area contributed by atoms with Gasteiger partial charge in [0.15, 0.2) is 0 Å². The first kappa shape index (κ1) is 14.0. The summed E-state index contributed by atoms with van der Waals surface area (Å²) in [6.45, 7) is -0.122. The van der Waals surface area contributed by atoms with E-state index in [0.29, 0.717) is 16.5 Å². The SMILES string of the molecule is O=C(OCc1cccc(F)c1)c1cc2ccccc2oc1=O. The molecule has 0 atom stereocenters. The number of carbonyl (C=O) groups excluding carboxylic acids is 1. The number of rotatable bonds is 3. The number of halogens is 1. The van der Waals surface area contributed by atoms with Crippen molar-refractivity contribution in [3.05, 3.63) is 82.0 Å². The number of benzene rings is 2. The highest BCUT2D eigenvalue weighted by Gasteiger charge is 2.15. The molecule has 0 aliphatic carbocycles. The van der Waals surface area contributed by atoms with Gasteiger partial charge in [-0.2, -0.15) is 0 Å². The third kappa shape index (κ3) is 2.88. The predicted octanol–water partition coefficient (Wildman–Crippen LogP) is 3.29. The van der Waals surface area contributed by atoms with Crippen molar-refractivity contribution >= 4 is 16.9 Å². The Morgan fingerprint density at radius 3 is 2.73 bits per heavy atom. The van der Waals surface area contributed by atoms with Crippen molar-refractivity contribution in [1.29, 1.82) is 0 Å². The van der Waals surface area contributed by atoms with Crippen LogP contribution in [0.3, 0.4) is 0 Å². The van der Waals surface area contributed by atoms with Gasteiger partial charge in [0, 0.05) is 5.39 Å². The van der Waals surface area contributed by atoms with Crippen molar-refractivity contribution in [3.8, 4) is 0 Å². The van der Waals surface area contributed by atoms with Gasteiger partial charge in [0.25, 0.3) is 0 Å². The van der Waals surface area contributed by atoms with Crippen molar-refractivity contribution in [2.75, 3.05) is 0 Å². The fraction of sp³-hybridized carbons (Fsp3) is 0.0588. The summed E-state index contributed by atoms with van der Waals surface area (Å²) in [4.78, 5) is 23.8. The van der Waals surface area contributed by atoms with Crippen LogP contribution >= 0.6 is 0 Å². The van der Waals surface area contributed by atoms with Crippen molar-refractivity contribution in [3.63, 3.8) is 0 Å². The second kappa shape index (κ2) is 5.81. The number of hydrogen-bond acceptors (Lipinski definition) is 4. The van der Waals surface area contributed by atoms with Crippen LogP contribution in [0.4, 0.5) is 4.39 Å². The van der Waals surface area contributed by atoms with Crippen molar-refractivity contribution in [2.24, 2.45) is 0 Å². The molecule has 0 bridgehead atoms. The van der Waals surface area contributed by atoms with Crippen LogP contribution in [0.5, 0.6) is 0 Å². The number of para-hydroxylation sites is 1. The maximum atomic E-state index is 13.0. The Hall–Kier alpha value is -2.95. The smallest absolute Gasteiger partial charge is 0.351 e. The minimum Gasteiger partial charge on any atom is -0.457 e. The molecule has 0 saturated carbocycles. The molecule has 0 amide bonds. The number of carbonyl (C=O) groups is 1. The maximum absolute atomic E-state index is 13.0. The summed E-state index contributed by atoms with van der Waals surface area (Å²) >= 11 is 0. The molecule has 0 aliphatic rings. The Bertz CT molecular complexity index is 898. The fourth-order valence-corrected chi connectivity index (χ4v) is 2.06. The molecule has 1 aromatic heterocycles. The Morgan fingerprint density at radius 1 is 1.09 bits per heavy atom. The van der Waals surface area contributed by atoms with Gasteiger partial charge in [0.1, 0.15) is 23.6 Å². The van der Waals surface area contributed by atoms with Crippen LogP contribution in [0.2, 0.25) is 0 Å². The highest BCUT2D eigenvalue weighted by atomic mass is 19.1. The minimum absolute atomic E-state index is 0.122. The van der Waals surface area contributed by atoms with Gasteiger partial charge in [-0.1, -0.05) is 30.3 Å². The second-order valence-electron chi connectivity index (χ2n) is 4.69. The van der Waals surface area contributed by atoms with E-state index in [1.807, 2.05) is 0 Å². The van der Waals surface area contributed by atoms with Crippen LogP contribution in [0.15, 0.2) is 63.8 Å². The standard InChI is InChI=1S/C17H11FO4/c18-13-6-3-4-11(8-13)10-21-16(19)14-9-12-5-1-2-7-15(12)22-17(14)20/h1-9H,10H2. The number of ether oxygens (including phenoxy) is 1. The van der Waals surface area contributed by atoms with Crippen molar-refractivity contribution < 1.29 is 18.3 Å². The van der Waals surface area contributed by atoms with Gasteiger partial charge in [0.05, 0.1) is 0 Å². The number of esters is 1. The zero-order valence-electron chi connectivity index (χ0n) is 11.4. The third-order valence-electron chi connectivity index (χ3n) is 3.12. The molecular formula is C17H11FO4. The molecule has 4 nitrogen and oxygen atoms in total. The summed E-state index contributed by atoms with van der Waals surface area (Å²) in [6, 6.07) is 14.0. The predicted molar refractivity (Wildman–Crippen MR) is 78.0 cm³/mol. The summed E-state index contributed by atoms with van der Waals surface area (Å²) in [5.74, 6) is -1.22. The lowest BCUT2D eigenvalue weighted by Crippen LogP contribution is -2.16. The molecule has 0 N–H and O–H groups in total. The Morgan fingerprint density at radius 2 is 1.91 bits per heavy atom. The molecule has 5 heteroatoms. The van der Waals surface area contributed by atoms with Crippen molar-refractivity contribution in [1.82, 2.24) is 0 Å². The lowest BCUT2D eigenvalue weighted by Gasteiger charge is -2.05. The molecular weight excluding hydrogens is 287 g/mol. The van der Waals surface area contributed by atoms with E-state index in [2.05, 4.69) is 0 Å². The van der Waals surface area contributed by atoms with E-state index in [1.54, 1.807) is 30.3 Å². The average Bonchev–Trinajstić information content (AvgIpc) is 2.52. The van der Waals surface area contributed by atoms with Crippen molar-refractivity contribution in [2.45, 2.75) is 6.61 Å². The van der Waals surface area contributed by atoms with E-state index in [9.17, 15) is 14.0 Å². The summed E-state index contributed by atoms with van der Waals surface area (Å²) in [6.07, 6.45) is 0. The molecule has 0 aliphatic heterocycles. The Kier molecular flexibility index (Phi) is 3.70. The maximum Gasteiger partial charge on any atom is 0.351 e. The topological polar surface area (TPSA) is 56.5 Å². The molecule has 110 valence electrons. The Balaban J connectivity index is 1.83. The largest absolute Gasteiger partial charge is 0.457 e. The van der Waals surface area contributed by atoms with Gasteiger partial charge >= 0.3 is 11.6 Å². The van der Waals surface area contributed by atoms with Crippen LogP contribution in [0, 0.1) is 5.82 Å². The van der Waals surface area contributed by atoms with Crippen LogP contribution in [0.1, 0.15) is 15.9 Å². The monoisotopic (exact) mass is 298 g/mol. The van der Waals surface area contributed by atoms with Crippen LogP contribution in [-0.2, 0) is 11.3 Å². The normalized spacial score (nSPS) is 10.6. The molecule has 22 heavy (non-hydrogen) atoms.